The maximum Gasteiger partial charge on any atom is 0.264 e. The van der Waals surface area contributed by atoms with Crippen molar-refractivity contribution >= 4 is 30.7 Å². The molecule has 1 saturated carbocycles. The van der Waals surface area contributed by atoms with E-state index in [2.05, 4.69) is 0 Å². The number of hydrogen-bond donors (Lipinski definition) is 1. The van der Waals surface area contributed by atoms with E-state index in [9.17, 15) is 14.2 Å². The molecule has 2 amide bonds. The maximum absolute atomic E-state index is 13.2. The first kappa shape index (κ1) is 16.7. The highest BCUT2D eigenvalue weighted by molar-refractivity contribution is 7.63. The molecule has 7 heteroatoms. The van der Waals surface area contributed by atoms with Crippen LogP contribution in [0.4, 0.5) is 0 Å². The molecule has 1 aromatic rings. The van der Waals surface area contributed by atoms with Crippen molar-refractivity contribution in [2.75, 3.05) is 6.16 Å². The lowest BCUT2D eigenvalue weighted by Gasteiger charge is -2.46. The number of rotatable bonds is 3. The molecule has 1 aliphatic heterocycles. The Kier molecular flexibility index (Phi) is 4.16. The fraction of sp³-hybridized carbons (Fsp3) is 0.500. The molecular formula is C16H20ClN2O3P. The van der Waals surface area contributed by atoms with Gasteiger partial charge in [0.05, 0.1) is 16.1 Å². The number of amides is 2. The Hall–Kier alpha value is -1.16. The summed E-state index contributed by atoms with van der Waals surface area (Å²) in [5.74, 6) is -0.884. The minimum Gasteiger partial charge on any atom is -0.304 e. The average molecular weight is 355 g/mol. The Labute approximate surface area is 140 Å². The predicted octanol–water partition coefficient (Wildman–Crippen LogP) is 3.85. The van der Waals surface area contributed by atoms with Gasteiger partial charge in [-0.2, -0.15) is 0 Å². The van der Waals surface area contributed by atoms with Gasteiger partial charge in [0.15, 0.2) is 7.29 Å². The minimum atomic E-state index is -3.21. The zero-order valence-electron chi connectivity index (χ0n) is 13.0. The largest absolute Gasteiger partial charge is 0.304 e. The molecule has 0 saturated heterocycles. The number of hydrogen-bond acceptors (Lipinski definition) is 3. The van der Waals surface area contributed by atoms with Crippen LogP contribution < -0.4 is 5.50 Å². The van der Waals surface area contributed by atoms with Crippen LogP contribution >= 0.6 is 18.9 Å². The Balaban J connectivity index is 2.16. The molecule has 0 aromatic heterocycles. The number of nitrogens with zero attached hydrogens (tertiary/aromatic N) is 1. The van der Waals surface area contributed by atoms with E-state index < -0.39 is 24.4 Å². The molecule has 1 fully saturated rings. The van der Waals surface area contributed by atoms with Crippen LogP contribution in [-0.4, -0.2) is 28.2 Å². The molecule has 124 valence electrons. The molecule has 2 aliphatic rings. The summed E-state index contributed by atoms with van der Waals surface area (Å²) in [6.07, 6.45) is 3.86. The summed E-state index contributed by atoms with van der Waals surface area (Å²) in [4.78, 5) is 27.0. The van der Waals surface area contributed by atoms with Gasteiger partial charge in [-0.3, -0.25) is 20.0 Å². The van der Waals surface area contributed by atoms with E-state index in [0.717, 1.165) is 19.3 Å². The summed E-state index contributed by atoms with van der Waals surface area (Å²) < 4.78 is 13.2. The first-order chi connectivity index (χ1) is 10.9. The molecule has 0 spiro atoms. The van der Waals surface area contributed by atoms with Crippen LogP contribution in [-0.2, 0) is 4.57 Å². The summed E-state index contributed by atoms with van der Waals surface area (Å²) in [6, 6.07) is 4.82. The van der Waals surface area contributed by atoms with Crippen LogP contribution in [0.1, 0.15) is 59.7 Å². The van der Waals surface area contributed by atoms with Crippen LogP contribution in [0.25, 0.3) is 0 Å². The lowest BCUT2D eigenvalue weighted by atomic mass is 9.93. The third-order valence-electron chi connectivity index (χ3n) is 5.11. The molecule has 1 atom stereocenters. The number of imide groups is 1. The highest BCUT2D eigenvalue weighted by Crippen LogP contribution is 2.61. The molecule has 0 radical (unpaired) electrons. The lowest BCUT2D eigenvalue weighted by molar-refractivity contribution is 0.0483. The van der Waals surface area contributed by atoms with Gasteiger partial charge in [-0.05, 0) is 25.0 Å². The van der Waals surface area contributed by atoms with Gasteiger partial charge in [-0.15, -0.1) is 0 Å². The molecule has 1 unspecified atom stereocenters. The van der Waals surface area contributed by atoms with Gasteiger partial charge < -0.3 is 4.57 Å². The van der Waals surface area contributed by atoms with Gasteiger partial charge in [0.2, 0.25) is 0 Å². The van der Waals surface area contributed by atoms with Crippen molar-refractivity contribution in [3.8, 4) is 0 Å². The molecule has 0 bridgehead atoms. The number of fused-ring (bicyclic) bond motifs is 1. The molecule has 1 aromatic carbocycles. The predicted molar refractivity (Wildman–Crippen MR) is 90.1 cm³/mol. The Bertz CT molecular complexity index is 728. The molecule has 5 nitrogen and oxygen atoms in total. The van der Waals surface area contributed by atoms with Crippen molar-refractivity contribution in [1.29, 1.82) is 0 Å². The Morgan fingerprint density at radius 3 is 2.43 bits per heavy atom. The summed E-state index contributed by atoms with van der Waals surface area (Å²) in [7, 11) is -3.21. The van der Waals surface area contributed by atoms with E-state index in [-0.39, 0.29) is 22.3 Å². The van der Waals surface area contributed by atoms with Gasteiger partial charge in [-0.1, -0.05) is 43.9 Å². The van der Waals surface area contributed by atoms with E-state index in [4.69, 9.17) is 17.1 Å². The van der Waals surface area contributed by atoms with Crippen molar-refractivity contribution in [1.82, 2.24) is 4.90 Å². The fourth-order valence-corrected chi connectivity index (χ4v) is 6.24. The quantitative estimate of drug-likeness (QED) is 0.660. The van der Waals surface area contributed by atoms with Crippen molar-refractivity contribution < 1.29 is 14.2 Å². The molecule has 2 N–H and O–H groups in total. The Morgan fingerprint density at radius 1 is 1.22 bits per heavy atom. The number of carbonyl (C=O) groups excluding carboxylic acids is 2. The lowest BCUT2D eigenvalue weighted by Crippen LogP contribution is -2.54. The second-order valence-electron chi connectivity index (χ2n) is 6.26. The van der Waals surface area contributed by atoms with Crippen LogP contribution in [0.2, 0.25) is 5.02 Å². The normalized spacial score (nSPS) is 22.8. The van der Waals surface area contributed by atoms with Crippen LogP contribution in [0, 0.1) is 0 Å². The molecule has 1 aliphatic carbocycles. The molecule has 23 heavy (non-hydrogen) atoms. The maximum atomic E-state index is 13.2. The standard InChI is InChI=1S/C16H20ClN2O3P/c1-2-23(18,22)16(9-4-3-5-10-16)19-14(20)11-7-6-8-12(17)13(11)15(19)21/h6-8H,2-5,9-10H2,1H3,(H2,18,22). The van der Waals surface area contributed by atoms with Crippen molar-refractivity contribution in [3.63, 3.8) is 0 Å². The zero-order chi connectivity index (χ0) is 16.8. The van der Waals surface area contributed by atoms with Gasteiger partial charge in [0.1, 0.15) is 5.28 Å². The monoisotopic (exact) mass is 354 g/mol. The van der Waals surface area contributed by atoms with Crippen molar-refractivity contribution in [2.24, 2.45) is 5.50 Å². The third kappa shape index (κ3) is 2.29. The van der Waals surface area contributed by atoms with Gasteiger partial charge in [-0.25, -0.2) is 0 Å². The summed E-state index contributed by atoms with van der Waals surface area (Å²) >= 11 is 6.13. The van der Waals surface area contributed by atoms with Crippen molar-refractivity contribution in [3.05, 3.63) is 34.3 Å². The van der Waals surface area contributed by atoms with Gasteiger partial charge >= 0.3 is 0 Å². The number of benzene rings is 1. The minimum absolute atomic E-state index is 0.209. The number of nitrogens with two attached hydrogens (primary N) is 1. The van der Waals surface area contributed by atoms with E-state index in [1.54, 1.807) is 25.1 Å². The van der Waals surface area contributed by atoms with Crippen molar-refractivity contribution in [2.45, 2.75) is 44.3 Å². The topological polar surface area (TPSA) is 80.5 Å². The van der Waals surface area contributed by atoms with Crippen LogP contribution in [0.15, 0.2) is 18.2 Å². The summed E-state index contributed by atoms with van der Waals surface area (Å²) in [5, 5.41) is -0.825. The highest BCUT2D eigenvalue weighted by Gasteiger charge is 2.57. The number of carbonyl (C=O) groups is 2. The zero-order valence-corrected chi connectivity index (χ0v) is 14.7. The number of halogens is 1. The average Bonchev–Trinajstić information content (AvgIpc) is 2.80. The second-order valence-corrected chi connectivity index (χ2v) is 9.73. The summed E-state index contributed by atoms with van der Waals surface area (Å²) in [6.45, 7) is 1.75. The smallest absolute Gasteiger partial charge is 0.264 e. The Morgan fingerprint density at radius 2 is 1.87 bits per heavy atom. The van der Waals surface area contributed by atoms with Gasteiger partial charge in [0, 0.05) is 6.16 Å². The van der Waals surface area contributed by atoms with E-state index in [1.807, 2.05) is 0 Å². The first-order valence-corrected chi connectivity index (χ1v) is 10.2. The van der Waals surface area contributed by atoms with E-state index in [1.165, 1.54) is 4.90 Å². The van der Waals surface area contributed by atoms with E-state index >= 15 is 0 Å². The molecule has 1 heterocycles. The molecule has 3 rings (SSSR count). The third-order valence-corrected chi connectivity index (χ3v) is 8.42. The highest BCUT2D eigenvalue weighted by atomic mass is 35.5. The van der Waals surface area contributed by atoms with E-state index in [0.29, 0.717) is 12.8 Å². The SMILES string of the molecule is CCP(N)(=O)C1(N2C(=O)c3cccc(Cl)c3C2=O)CCCCC1. The fourth-order valence-electron chi connectivity index (χ4n) is 3.81. The first-order valence-electron chi connectivity index (χ1n) is 7.91. The summed E-state index contributed by atoms with van der Waals surface area (Å²) in [5.41, 5.74) is 6.67. The van der Waals surface area contributed by atoms with Gasteiger partial charge in [0.25, 0.3) is 11.8 Å². The molecular weight excluding hydrogens is 335 g/mol. The van der Waals surface area contributed by atoms with Crippen LogP contribution in [0.5, 0.6) is 0 Å². The second kappa shape index (κ2) is 5.73. The van der Waals surface area contributed by atoms with Crippen LogP contribution in [0.3, 0.4) is 0 Å².